The molecule has 0 aliphatic carbocycles. The maximum Gasteiger partial charge on any atom is 0.130 e. The number of phenols is 2. The summed E-state index contributed by atoms with van der Waals surface area (Å²) in [7, 11) is 0. The van der Waals surface area contributed by atoms with Crippen LogP contribution in [0.5, 0.6) is 11.5 Å². The lowest BCUT2D eigenvalue weighted by atomic mass is 9.97. The van der Waals surface area contributed by atoms with Crippen molar-refractivity contribution in [1.82, 2.24) is 15.0 Å². The lowest BCUT2D eigenvalue weighted by molar-refractivity contribution is 0.445. The minimum atomic E-state index is -0.355. The van der Waals surface area contributed by atoms with Gasteiger partial charge in [-0.15, -0.1) is 0 Å². The van der Waals surface area contributed by atoms with Gasteiger partial charge in [0.1, 0.15) is 23.6 Å². The number of aromatic amines is 1. The number of para-hydroxylation sites is 1. The summed E-state index contributed by atoms with van der Waals surface area (Å²) in [6, 6.07) is 13.9. The van der Waals surface area contributed by atoms with Gasteiger partial charge in [-0.25, -0.2) is 9.97 Å². The van der Waals surface area contributed by atoms with Gasteiger partial charge in [0.2, 0.25) is 0 Å². The first kappa shape index (κ1) is 15.0. The molecule has 4 rings (SSSR count). The molecule has 0 saturated carbocycles. The van der Waals surface area contributed by atoms with Gasteiger partial charge in [-0.3, -0.25) is 0 Å². The van der Waals surface area contributed by atoms with Crippen LogP contribution in [0.4, 0.5) is 5.82 Å². The van der Waals surface area contributed by atoms with Crippen LogP contribution >= 0.6 is 0 Å². The third-order valence-corrected chi connectivity index (χ3v) is 4.13. The summed E-state index contributed by atoms with van der Waals surface area (Å²) in [6.45, 7) is 0. The van der Waals surface area contributed by atoms with Crippen molar-refractivity contribution < 1.29 is 10.2 Å². The molecule has 25 heavy (non-hydrogen) atoms. The van der Waals surface area contributed by atoms with E-state index in [1.165, 1.54) is 12.4 Å². The molecule has 2 heterocycles. The summed E-state index contributed by atoms with van der Waals surface area (Å²) in [5, 5.41) is 24.4. The van der Waals surface area contributed by atoms with Crippen LogP contribution in [0.1, 0.15) is 17.2 Å². The fraction of sp³-hybridized carbons (Fsp3) is 0.0526. The molecule has 4 N–H and O–H groups in total. The van der Waals surface area contributed by atoms with Crippen molar-refractivity contribution in [3.05, 3.63) is 78.4 Å². The third-order valence-electron chi connectivity index (χ3n) is 4.13. The van der Waals surface area contributed by atoms with E-state index in [1.54, 1.807) is 24.4 Å². The minimum Gasteiger partial charge on any atom is -0.508 e. The quantitative estimate of drug-likeness (QED) is 0.458. The fourth-order valence-corrected chi connectivity index (χ4v) is 2.96. The molecule has 0 spiro atoms. The molecule has 0 aliphatic heterocycles. The van der Waals surface area contributed by atoms with Crippen molar-refractivity contribution in [2.24, 2.45) is 0 Å². The third kappa shape index (κ3) is 2.85. The zero-order valence-electron chi connectivity index (χ0n) is 13.2. The van der Waals surface area contributed by atoms with Crippen LogP contribution in [0.2, 0.25) is 0 Å². The van der Waals surface area contributed by atoms with Crippen LogP contribution in [-0.2, 0) is 0 Å². The van der Waals surface area contributed by atoms with Crippen molar-refractivity contribution in [3.8, 4) is 11.5 Å². The van der Waals surface area contributed by atoms with Crippen LogP contribution in [-0.4, -0.2) is 25.2 Å². The fourth-order valence-electron chi connectivity index (χ4n) is 2.96. The highest BCUT2D eigenvalue weighted by atomic mass is 16.3. The number of nitrogens with zero attached hydrogens (tertiary/aromatic N) is 2. The van der Waals surface area contributed by atoms with E-state index in [4.69, 9.17) is 0 Å². The monoisotopic (exact) mass is 332 g/mol. The largest absolute Gasteiger partial charge is 0.508 e. The van der Waals surface area contributed by atoms with E-state index in [0.29, 0.717) is 11.4 Å². The topological polar surface area (TPSA) is 94.1 Å². The van der Waals surface area contributed by atoms with E-state index in [1.807, 2.05) is 30.5 Å². The molecule has 2 aromatic heterocycles. The summed E-state index contributed by atoms with van der Waals surface area (Å²) < 4.78 is 0. The van der Waals surface area contributed by atoms with Gasteiger partial charge in [0.05, 0.1) is 6.04 Å². The predicted octanol–water partition coefficient (Wildman–Crippen LogP) is 3.57. The number of rotatable bonds is 4. The van der Waals surface area contributed by atoms with E-state index < -0.39 is 0 Å². The maximum absolute atomic E-state index is 10.4. The molecule has 1 atom stereocenters. The minimum absolute atomic E-state index is 0.0110. The van der Waals surface area contributed by atoms with Crippen LogP contribution in [0.3, 0.4) is 0 Å². The molecule has 4 aromatic rings. The maximum atomic E-state index is 10.4. The van der Waals surface area contributed by atoms with E-state index in [0.717, 1.165) is 16.5 Å². The van der Waals surface area contributed by atoms with Gasteiger partial charge in [0.15, 0.2) is 0 Å². The molecule has 6 nitrogen and oxygen atoms in total. The second-order valence-electron chi connectivity index (χ2n) is 5.70. The summed E-state index contributed by atoms with van der Waals surface area (Å²) >= 11 is 0. The predicted molar refractivity (Wildman–Crippen MR) is 95.6 cm³/mol. The summed E-state index contributed by atoms with van der Waals surface area (Å²) in [6.07, 6.45) is 5.03. The van der Waals surface area contributed by atoms with Gasteiger partial charge >= 0.3 is 0 Å². The molecule has 0 amide bonds. The first-order valence-corrected chi connectivity index (χ1v) is 7.83. The molecule has 0 aliphatic rings. The van der Waals surface area contributed by atoms with E-state index in [2.05, 4.69) is 20.3 Å². The van der Waals surface area contributed by atoms with E-state index in [-0.39, 0.29) is 17.5 Å². The SMILES string of the molecule is Oc1ccc(C(Nc2ccncn2)c2c[nH]c3ccccc23)c(O)c1. The average molecular weight is 332 g/mol. The summed E-state index contributed by atoms with van der Waals surface area (Å²) in [5.41, 5.74) is 2.61. The number of H-pyrrole nitrogens is 1. The van der Waals surface area contributed by atoms with Crippen LogP contribution in [0, 0.1) is 0 Å². The Morgan fingerprint density at radius 2 is 1.88 bits per heavy atom. The smallest absolute Gasteiger partial charge is 0.130 e. The normalized spacial score (nSPS) is 12.2. The molecule has 2 aromatic carbocycles. The molecular formula is C19H16N4O2. The van der Waals surface area contributed by atoms with Crippen LogP contribution in [0.15, 0.2) is 67.3 Å². The average Bonchev–Trinajstić information content (AvgIpc) is 3.05. The molecule has 0 bridgehead atoms. The van der Waals surface area contributed by atoms with Gasteiger partial charge in [0.25, 0.3) is 0 Å². The Labute approximate surface area is 143 Å². The number of hydrogen-bond acceptors (Lipinski definition) is 5. The Kier molecular flexibility index (Phi) is 3.70. The van der Waals surface area contributed by atoms with Crippen LogP contribution in [0.25, 0.3) is 10.9 Å². The number of anilines is 1. The highest BCUT2D eigenvalue weighted by Gasteiger charge is 2.21. The van der Waals surface area contributed by atoms with E-state index >= 15 is 0 Å². The second kappa shape index (κ2) is 6.16. The van der Waals surface area contributed by atoms with Gasteiger partial charge in [-0.1, -0.05) is 18.2 Å². The highest BCUT2D eigenvalue weighted by Crippen LogP contribution is 2.36. The van der Waals surface area contributed by atoms with Gasteiger partial charge in [-0.2, -0.15) is 0 Å². The summed E-state index contributed by atoms with van der Waals surface area (Å²) in [4.78, 5) is 11.4. The molecule has 1 unspecified atom stereocenters. The number of benzene rings is 2. The number of nitrogens with one attached hydrogen (secondary N) is 2. The molecule has 0 saturated heterocycles. The lowest BCUT2D eigenvalue weighted by Gasteiger charge is -2.20. The number of hydrogen-bond donors (Lipinski definition) is 4. The Bertz CT molecular complexity index is 1010. The Balaban J connectivity index is 1.86. The Morgan fingerprint density at radius 3 is 2.68 bits per heavy atom. The van der Waals surface area contributed by atoms with E-state index in [9.17, 15) is 10.2 Å². The molecular weight excluding hydrogens is 316 g/mol. The molecule has 124 valence electrons. The Hall–Kier alpha value is -3.54. The first-order valence-electron chi connectivity index (χ1n) is 7.83. The van der Waals surface area contributed by atoms with Crippen molar-refractivity contribution in [3.63, 3.8) is 0 Å². The van der Waals surface area contributed by atoms with Gasteiger partial charge in [0, 0.05) is 40.5 Å². The van der Waals surface area contributed by atoms with Gasteiger partial charge < -0.3 is 20.5 Å². The first-order chi connectivity index (χ1) is 12.2. The number of aromatic nitrogens is 3. The molecule has 0 fully saturated rings. The number of phenolic OH excluding ortho intramolecular Hbond substituents is 2. The number of fused-ring (bicyclic) bond motifs is 1. The zero-order chi connectivity index (χ0) is 17.2. The molecule has 0 radical (unpaired) electrons. The second-order valence-corrected chi connectivity index (χ2v) is 5.70. The van der Waals surface area contributed by atoms with Crippen molar-refractivity contribution in [2.75, 3.05) is 5.32 Å². The lowest BCUT2D eigenvalue weighted by Crippen LogP contribution is -2.13. The van der Waals surface area contributed by atoms with Crippen LogP contribution < -0.4 is 5.32 Å². The summed E-state index contributed by atoms with van der Waals surface area (Å²) in [5.74, 6) is 0.663. The van der Waals surface area contributed by atoms with Gasteiger partial charge in [-0.05, 0) is 24.3 Å². The number of aromatic hydroxyl groups is 2. The van der Waals surface area contributed by atoms with Crippen molar-refractivity contribution in [2.45, 2.75) is 6.04 Å². The van der Waals surface area contributed by atoms with Crippen molar-refractivity contribution >= 4 is 16.7 Å². The van der Waals surface area contributed by atoms with Crippen molar-refractivity contribution in [1.29, 1.82) is 0 Å². The zero-order valence-corrected chi connectivity index (χ0v) is 13.2. The Morgan fingerprint density at radius 1 is 1.00 bits per heavy atom. The molecule has 6 heteroatoms. The standard InChI is InChI=1S/C19H16N4O2/c24-12-5-6-14(17(25)9-12)19(23-18-7-8-20-11-22-18)15-10-21-16-4-2-1-3-13(15)16/h1-11,19,21,24-25H,(H,20,22,23). The highest BCUT2D eigenvalue weighted by molar-refractivity contribution is 5.84.